The minimum Gasteiger partial charge on any atom is -0.353 e. The normalized spacial score (nSPS) is 15.2. The highest BCUT2D eigenvalue weighted by atomic mass is 15.3. The van der Waals surface area contributed by atoms with Gasteiger partial charge in [0.25, 0.3) is 0 Å². The number of nitrogens with one attached hydrogen (secondary N) is 1. The molecule has 88 valence electrons. The van der Waals surface area contributed by atoms with Crippen LogP contribution in [-0.4, -0.2) is 22.6 Å². The second-order valence-electron chi connectivity index (χ2n) is 4.60. The Bertz CT molecular complexity index is 348. The van der Waals surface area contributed by atoms with Gasteiger partial charge in [0.15, 0.2) is 5.82 Å². The smallest absolute Gasteiger partial charge is 0.160 e. The topological polar surface area (TPSA) is 67.1 Å². The molecule has 0 spiro atoms. The molecule has 1 aliphatic carbocycles. The van der Waals surface area contributed by atoms with Crippen molar-refractivity contribution < 1.29 is 0 Å². The fraction of sp³-hybridized carbons (Fsp3) is 0.636. The highest BCUT2D eigenvalue weighted by Crippen LogP contribution is 2.31. The van der Waals surface area contributed by atoms with E-state index in [0.29, 0.717) is 11.9 Å². The van der Waals surface area contributed by atoms with Crippen LogP contribution in [0.5, 0.6) is 0 Å². The third-order valence-electron chi connectivity index (χ3n) is 2.84. The summed E-state index contributed by atoms with van der Waals surface area (Å²) in [6.07, 6.45) is 6.10. The molecule has 16 heavy (non-hydrogen) atoms. The molecule has 1 aromatic heterocycles. The molecule has 3 N–H and O–H groups in total. The van der Waals surface area contributed by atoms with Crippen LogP contribution in [0.3, 0.4) is 0 Å². The van der Waals surface area contributed by atoms with Crippen LogP contribution in [0.2, 0.25) is 0 Å². The SMILES string of the molecule is CC(C)N(CC1CC1)c1cncc(NN)n1. The van der Waals surface area contributed by atoms with Crippen LogP contribution < -0.4 is 16.2 Å². The summed E-state index contributed by atoms with van der Waals surface area (Å²) in [4.78, 5) is 10.8. The highest BCUT2D eigenvalue weighted by Gasteiger charge is 2.26. The first-order valence-electron chi connectivity index (χ1n) is 5.76. The number of hydrazine groups is 1. The van der Waals surface area contributed by atoms with E-state index >= 15 is 0 Å². The van der Waals surface area contributed by atoms with Crippen LogP contribution in [0.1, 0.15) is 26.7 Å². The molecule has 5 heteroatoms. The lowest BCUT2D eigenvalue weighted by Gasteiger charge is -2.27. The van der Waals surface area contributed by atoms with E-state index in [2.05, 4.69) is 34.1 Å². The molecule has 1 aromatic rings. The van der Waals surface area contributed by atoms with E-state index in [0.717, 1.165) is 18.3 Å². The predicted molar refractivity (Wildman–Crippen MR) is 65.0 cm³/mol. The van der Waals surface area contributed by atoms with Crippen molar-refractivity contribution >= 4 is 11.6 Å². The lowest BCUT2D eigenvalue weighted by Crippen LogP contribution is -2.33. The van der Waals surface area contributed by atoms with Crippen molar-refractivity contribution in [2.75, 3.05) is 16.9 Å². The molecule has 0 aromatic carbocycles. The molecular weight excluding hydrogens is 202 g/mol. The summed E-state index contributed by atoms with van der Waals surface area (Å²) < 4.78 is 0. The number of nitrogen functional groups attached to an aromatic ring is 1. The maximum atomic E-state index is 5.34. The molecule has 1 heterocycles. The van der Waals surface area contributed by atoms with Gasteiger partial charge in [-0.05, 0) is 32.6 Å². The molecule has 0 radical (unpaired) electrons. The number of anilines is 2. The van der Waals surface area contributed by atoms with E-state index in [4.69, 9.17) is 5.84 Å². The molecule has 1 aliphatic rings. The van der Waals surface area contributed by atoms with Gasteiger partial charge in [-0.15, -0.1) is 0 Å². The number of rotatable bonds is 5. The van der Waals surface area contributed by atoms with Crippen molar-refractivity contribution in [2.45, 2.75) is 32.7 Å². The molecule has 1 saturated carbocycles. The van der Waals surface area contributed by atoms with Crippen molar-refractivity contribution in [3.8, 4) is 0 Å². The molecule has 0 bridgehead atoms. The van der Waals surface area contributed by atoms with Crippen LogP contribution >= 0.6 is 0 Å². The van der Waals surface area contributed by atoms with Gasteiger partial charge in [0.2, 0.25) is 0 Å². The second-order valence-corrected chi connectivity index (χ2v) is 4.60. The highest BCUT2D eigenvalue weighted by molar-refractivity contribution is 5.44. The minimum absolute atomic E-state index is 0.433. The van der Waals surface area contributed by atoms with Gasteiger partial charge in [0.1, 0.15) is 5.82 Å². The lowest BCUT2D eigenvalue weighted by molar-refractivity contribution is 0.635. The van der Waals surface area contributed by atoms with Crippen LogP contribution in [0, 0.1) is 5.92 Å². The third-order valence-corrected chi connectivity index (χ3v) is 2.84. The van der Waals surface area contributed by atoms with Crippen molar-refractivity contribution in [1.29, 1.82) is 0 Å². The first-order valence-corrected chi connectivity index (χ1v) is 5.76. The van der Waals surface area contributed by atoms with Gasteiger partial charge in [-0.1, -0.05) is 0 Å². The zero-order valence-electron chi connectivity index (χ0n) is 9.85. The largest absolute Gasteiger partial charge is 0.353 e. The molecular formula is C11H19N5. The number of nitrogens with zero attached hydrogens (tertiary/aromatic N) is 3. The van der Waals surface area contributed by atoms with E-state index in [9.17, 15) is 0 Å². The maximum Gasteiger partial charge on any atom is 0.160 e. The number of hydrogen-bond donors (Lipinski definition) is 2. The van der Waals surface area contributed by atoms with Gasteiger partial charge in [-0.3, -0.25) is 4.98 Å². The quantitative estimate of drug-likeness (QED) is 0.581. The Kier molecular flexibility index (Phi) is 3.24. The maximum absolute atomic E-state index is 5.34. The monoisotopic (exact) mass is 221 g/mol. The van der Waals surface area contributed by atoms with E-state index in [1.54, 1.807) is 12.4 Å². The first kappa shape index (κ1) is 11.1. The van der Waals surface area contributed by atoms with E-state index in [-0.39, 0.29) is 0 Å². The Morgan fingerprint density at radius 1 is 1.50 bits per heavy atom. The van der Waals surface area contributed by atoms with E-state index in [1.807, 2.05) is 0 Å². The van der Waals surface area contributed by atoms with Crippen molar-refractivity contribution in [2.24, 2.45) is 11.8 Å². The van der Waals surface area contributed by atoms with Gasteiger partial charge in [0.05, 0.1) is 12.4 Å². The molecule has 0 saturated heterocycles. The average Bonchev–Trinajstić information content (AvgIpc) is 3.09. The van der Waals surface area contributed by atoms with Crippen molar-refractivity contribution in [1.82, 2.24) is 9.97 Å². The number of aromatic nitrogens is 2. The molecule has 2 rings (SSSR count). The van der Waals surface area contributed by atoms with E-state index < -0.39 is 0 Å². The summed E-state index contributed by atoms with van der Waals surface area (Å²) in [5.74, 6) is 7.68. The standard InChI is InChI=1S/C11H19N5/c1-8(2)16(7-9-3-4-9)11-6-13-5-10(14-11)15-12/h5-6,8-9H,3-4,7,12H2,1-2H3,(H,14,15). The van der Waals surface area contributed by atoms with Crippen molar-refractivity contribution in [3.63, 3.8) is 0 Å². The lowest BCUT2D eigenvalue weighted by atomic mass is 10.3. The molecule has 0 atom stereocenters. The zero-order chi connectivity index (χ0) is 11.5. The third kappa shape index (κ3) is 2.61. The van der Waals surface area contributed by atoms with Gasteiger partial charge < -0.3 is 10.3 Å². The Hall–Kier alpha value is -1.36. The summed E-state index contributed by atoms with van der Waals surface area (Å²) in [6.45, 7) is 5.42. The van der Waals surface area contributed by atoms with Crippen LogP contribution in [-0.2, 0) is 0 Å². The predicted octanol–water partition coefficient (Wildman–Crippen LogP) is 1.39. The average molecular weight is 221 g/mol. The van der Waals surface area contributed by atoms with Crippen LogP contribution in [0.4, 0.5) is 11.6 Å². The number of hydrogen-bond acceptors (Lipinski definition) is 5. The summed E-state index contributed by atoms with van der Waals surface area (Å²) in [7, 11) is 0. The summed E-state index contributed by atoms with van der Waals surface area (Å²) >= 11 is 0. The second kappa shape index (κ2) is 4.65. The van der Waals surface area contributed by atoms with Crippen LogP contribution in [0.15, 0.2) is 12.4 Å². The first-order chi connectivity index (χ1) is 7.70. The minimum atomic E-state index is 0.433. The molecule has 1 fully saturated rings. The molecule has 0 aliphatic heterocycles. The fourth-order valence-corrected chi connectivity index (χ4v) is 1.71. The molecule has 0 amide bonds. The van der Waals surface area contributed by atoms with Gasteiger partial charge >= 0.3 is 0 Å². The zero-order valence-corrected chi connectivity index (χ0v) is 9.85. The Labute approximate surface area is 96.0 Å². The van der Waals surface area contributed by atoms with Crippen LogP contribution in [0.25, 0.3) is 0 Å². The summed E-state index contributed by atoms with van der Waals surface area (Å²) in [5, 5.41) is 0. The van der Waals surface area contributed by atoms with E-state index in [1.165, 1.54) is 12.8 Å². The Morgan fingerprint density at radius 2 is 2.25 bits per heavy atom. The van der Waals surface area contributed by atoms with Gasteiger partial charge in [-0.2, -0.15) is 0 Å². The number of nitrogens with two attached hydrogens (primary N) is 1. The van der Waals surface area contributed by atoms with Gasteiger partial charge in [0, 0.05) is 12.6 Å². The Balaban J connectivity index is 2.15. The molecule has 5 nitrogen and oxygen atoms in total. The van der Waals surface area contributed by atoms with Gasteiger partial charge in [-0.25, -0.2) is 10.8 Å². The van der Waals surface area contributed by atoms with Crippen molar-refractivity contribution in [3.05, 3.63) is 12.4 Å². The molecule has 0 unspecified atom stereocenters. The Morgan fingerprint density at radius 3 is 2.81 bits per heavy atom. The fourth-order valence-electron chi connectivity index (χ4n) is 1.71. The summed E-state index contributed by atoms with van der Waals surface area (Å²) in [6, 6.07) is 0.433. The summed E-state index contributed by atoms with van der Waals surface area (Å²) in [5.41, 5.74) is 2.53.